The van der Waals surface area contributed by atoms with Crippen LogP contribution in [0.3, 0.4) is 0 Å². The molecule has 4 nitrogen and oxygen atoms in total. The lowest BCUT2D eigenvalue weighted by atomic mass is 9.82. The summed E-state index contributed by atoms with van der Waals surface area (Å²) in [6, 6.07) is 16.7. The quantitative estimate of drug-likeness (QED) is 0.215. The highest BCUT2D eigenvalue weighted by Gasteiger charge is 2.35. The van der Waals surface area contributed by atoms with Crippen molar-refractivity contribution in [2.75, 3.05) is 13.7 Å². The van der Waals surface area contributed by atoms with Gasteiger partial charge in [0.2, 0.25) is 0 Å². The van der Waals surface area contributed by atoms with Crippen LogP contribution in [0.15, 0.2) is 71.8 Å². The summed E-state index contributed by atoms with van der Waals surface area (Å²) >= 11 is 7.97. The van der Waals surface area contributed by atoms with Crippen molar-refractivity contribution in [3.63, 3.8) is 0 Å². The Labute approximate surface area is 240 Å². The number of ether oxygens (including phenoxy) is 4. The van der Waals surface area contributed by atoms with E-state index in [1.807, 2.05) is 32.0 Å². The number of hydrogen-bond acceptors (Lipinski definition) is 5. The third-order valence-electron chi connectivity index (χ3n) is 7.01. The number of methoxy groups -OCH3 is 1. The molecule has 1 heterocycles. The van der Waals surface area contributed by atoms with Crippen molar-refractivity contribution in [2.24, 2.45) is 5.41 Å². The van der Waals surface area contributed by atoms with Gasteiger partial charge in [-0.25, -0.2) is 4.39 Å². The maximum absolute atomic E-state index is 14.3. The molecule has 0 amide bonds. The summed E-state index contributed by atoms with van der Waals surface area (Å²) in [4.78, 5) is 1.11. The van der Waals surface area contributed by atoms with Crippen molar-refractivity contribution >= 4 is 23.4 Å². The smallest absolute Gasteiger partial charge is 0.131 e. The van der Waals surface area contributed by atoms with Gasteiger partial charge >= 0.3 is 0 Å². The Kier molecular flexibility index (Phi) is 9.39. The fraction of sp³-hybridized carbons (Fsp3) is 0.375. The zero-order valence-electron chi connectivity index (χ0n) is 23.2. The average Bonchev–Trinajstić information content (AvgIpc) is 2.89. The van der Waals surface area contributed by atoms with Gasteiger partial charge in [0.25, 0.3) is 0 Å². The standard InChI is InChI=1S/C32H36ClFO4S/c1-7-36-21(3)32(4,5)18-23-16-31(39-24-13-11-20(2)30(17-24)35-6)25-15-22(12-14-29(25)38-23)37-19-26-27(33)9-8-10-28(26)34/h8-15,17,23,31H,3,7,16,18-19H2,1-2,4-6H3. The van der Waals surface area contributed by atoms with Crippen LogP contribution in [0.2, 0.25) is 5.02 Å². The van der Waals surface area contributed by atoms with E-state index < -0.39 is 0 Å². The summed E-state index contributed by atoms with van der Waals surface area (Å²) < 4.78 is 38.1. The number of halogens is 2. The number of aryl methyl sites for hydroxylation is 1. The van der Waals surface area contributed by atoms with E-state index in [0.717, 1.165) is 46.1 Å². The molecule has 3 aromatic carbocycles. The van der Waals surface area contributed by atoms with Gasteiger partial charge in [-0.3, -0.25) is 0 Å². The van der Waals surface area contributed by atoms with Crippen LogP contribution in [-0.2, 0) is 11.3 Å². The highest BCUT2D eigenvalue weighted by molar-refractivity contribution is 7.99. The molecule has 1 aliphatic heterocycles. The van der Waals surface area contributed by atoms with E-state index >= 15 is 0 Å². The summed E-state index contributed by atoms with van der Waals surface area (Å²) in [5.74, 6) is 2.69. The Morgan fingerprint density at radius 1 is 1.18 bits per heavy atom. The Morgan fingerprint density at radius 3 is 2.69 bits per heavy atom. The molecule has 1 aliphatic rings. The van der Waals surface area contributed by atoms with Crippen LogP contribution >= 0.6 is 23.4 Å². The van der Waals surface area contributed by atoms with Gasteiger partial charge in [-0.15, -0.1) is 11.8 Å². The van der Waals surface area contributed by atoms with Crippen molar-refractivity contribution < 1.29 is 23.3 Å². The maximum atomic E-state index is 14.3. The fourth-order valence-electron chi connectivity index (χ4n) is 4.72. The molecule has 0 N–H and O–H groups in total. The lowest BCUT2D eigenvalue weighted by Gasteiger charge is -2.37. The van der Waals surface area contributed by atoms with Gasteiger partial charge in [0.1, 0.15) is 35.8 Å². The molecular formula is C32H36ClFO4S. The second-order valence-corrected chi connectivity index (χ2v) is 12.0. The monoisotopic (exact) mass is 570 g/mol. The maximum Gasteiger partial charge on any atom is 0.131 e. The Morgan fingerprint density at radius 2 is 1.97 bits per heavy atom. The minimum Gasteiger partial charge on any atom is -0.498 e. The van der Waals surface area contributed by atoms with Crippen LogP contribution in [0.25, 0.3) is 0 Å². The predicted molar refractivity (Wildman–Crippen MR) is 157 cm³/mol. The largest absolute Gasteiger partial charge is 0.498 e. The van der Waals surface area contributed by atoms with Gasteiger partial charge in [-0.1, -0.05) is 44.2 Å². The lowest BCUT2D eigenvalue weighted by Crippen LogP contribution is -2.31. The van der Waals surface area contributed by atoms with Crippen molar-refractivity contribution in [3.05, 3.63) is 94.5 Å². The van der Waals surface area contributed by atoms with Gasteiger partial charge < -0.3 is 18.9 Å². The van der Waals surface area contributed by atoms with Crippen LogP contribution in [0.5, 0.6) is 17.2 Å². The number of thioether (sulfide) groups is 1. The van der Waals surface area contributed by atoms with E-state index in [1.165, 1.54) is 6.07 Å². The summed E-state index contributed by atoms with van der Waals surface area (Å²) in [6.45, 7) is 13.1. The topological polar surface area (TPSA) is 36.9 Å². The molecule has 208 valence electrons. The molecule has 0 saturated heterocycles. The van der Waals surface area contributed by atoms with Crippen LogP contribution in [0.4, 0.5) is 4.39 Å². The molecule has 0 aliphatic carbocycles. The Bertz CT molecular complexity index is 1310. The van der Waals surface area contributed by atoms with E-state index in [0.29, 0.717) is 22.9 Å². The highest BCUT2D eigenvalue weighted by Crippen LogP contribution is 2.50. The van der Waals surface area contributed by atoms with Gasteiger partial charge in [-0.05, 0) is 68.3 Å². The number of allylic oxidation sites excluding steroid dienone is 1. The first kappa shape index (κ1) is 29.2. The van der Waals surface area contributed by atoms with Crippen molar-refractivity contribution in [2.45, 2.75) is 63.4 Å². The van der Waals surface area contributed by atoms with E-state index in [-0.39, 0.29) is 29.2 Å². The normalized spacial score (nSPS) is 16.7. The third-order valence-corrected chi connectivity index (χ3v) is 8.62. The van der Waals surface area contributed by atoms with Crippen molar-refractivity contribution in [1.29, 1.82) is 0 Å². The molecule has 0 radical (unpaired) electrons. The fourth-order valence-corrected chi connectivity index (χ4v) is 6.21. The lowest BCUT2D eigenvalue weighted by molar-refractivity contribution is 0.0871. The van der Waals surface area contributed by atoms with Gasteiger partial charge in [0.15, 0.2) is 0 Å². The Balaban J connectivity index is 1.61. The van der Waals surface area contributed by atoms with Gasteiger partial charge in [0, 0.05) is 33.1 Å². The molecule has 2 unspecified atom stereocenters. The molecule has 0 fully saturated rings. The summed E-state index contributed by atoms with van der Waals surface area (Å²) in [7, 11) is 1.69. The molecular weight excluding hydrogens is 535 g/mol. The molecule has 2 atom stereocenters. The Hall–Kier alpha value is -2.83. The zero-order valence-corrected chi connectivity index (χ0v) is 24.8. The van der Waals surface area contributed by atoms with Crippen LogP contribution in [0.1, 0.15) is 55.6 Å². The third kappa shape index (κ3) is 7.03. The number of benzene rings is 3. The number of hydrogen-bond donors (Lipinski definition) is 0. The summed E-state index contributed by atoms with van der Waals surface area (Å²) in [5.41, 5.74) is 2.21. The van der Waals surface area contributed by atoms with Crippen molar-refractivity contribution in [3.8, 4) is 17.2 Å². The van der Waals surface area contributed by atoms with E-state index in [9.17, 15) is 4.39 Å². The second kappa shape index (κ2) is 12.6. The molecule has 7 heteroatoms. The zero-order chi connectivity index (χ0) is 28.2. The second-order valence-electron chi connectivity index (χ2n) is 10.3. The molecule has 0 spiro atoms. The van der Waals surface area contributed by atoms with Crippen LogP contribution in [-0.4, -0.2) is 19.8 Å². The van der Waals surface area contributed by atoms with E-state index in [4.69, 9.17) is 30.5 Å². The van der Waals surface area contributed by atoms with Gasteiger partial charge in [-0.2, -0.15) is 0 Å². The highest BCUT2D eigenvalue weighted by atomic mass is 35.5. The van der Waals surface area contributed by atoms with E-state index in [1.54, 1.807) is 31.0 Å². The van der Waals surface area contributed by atoms with Crippen LogP contribution < -0.4 is 14.2 Å². The van der Waals surface area contributed by atoms with Crippen LogP contribution in [0, 0.1) is 18.2 Å². The summed E-state index contributed by atoms with van der Waals surface area (Å²) in [6.07, 6.45) is 1.53. The molecule has 0 aromatic heterocycles. The molecule has 4 rings (SSSR count). The molecule has 0 bridgehead atoms. The predicted octanol–water partition coefficient (Wildman–Crippen LogP) is 9.33. The van der Waals surface area contributed by atoms with E-state index in [2.05, 4.69) is 38.6 Å². The molecule has 3 aromatic rings. The number of fused-ring (bicyclic) bond motifs is 1. The molecule has 39 heavy (non-hydrogen) atoms. The minimum absolute atomic E-state index is 0.0291. The number of rotatable bonds is 11. The van der Waals surface area contributed by atoms with Crippen molar-refractivity contribution in [1.82, 2.24) is 0 Å². The first-order chi connectivity index (χ1) is 18.6. The first-order valence-electron chi connectivity index (χ1n) is 13.1. The van der Waals surface area contributed by atoms with Gasteiger partial charge in [0.05, 0.1) is 24.5 Å². The minimum atomic E-state index is -0.385. The molecule has 0 saturated carbocycles. The SMILES string of the molecule is C=C(OCC)C(C)(C)CC1CC(Sc2ccc(C)c(OC)c2)c2cc(OCc3c(F)cccc3Cl)ccc2O1. The first-order valence-corrected chi connectivity index (χ1v) is 14.4. The average molecular weight is 571 g/mol. The summed E-state index contributed by atoms with van der Waals surface area (Å²) in [5, 5.41) is 0.445.